The molecule has 0 aliphatic heterocycles. The first kappa shape index (κ1) is 17.0. The summed E-state index contributed by atoms with van der Waals surface area (Å²) >= 11 is 0. The minimum absolute atomic E-state index is 0. The number of halogens is 2. The zero-order valence-electron chi connectivity index (χ0n) is 5.72. The fraction of sp³-hybridized carbons (Fsp3) is 0.167. The van der Waals surface area contributed by atoms with Crippen LogP contribution < -0.4 is 34.0 Å². The second-order valence-corrected chi connectivity index (χ2v) is 1.53. The van der Waals surface area contributed by atoms with E-state index in [1.54, 1.807) is 6.20 Å². The third-order valence-corrected chi connectivity index (χ3v) is 0.809. The van der Waals surface area contributed by atoms with Crippen LogP contribution in [0.3, 0.4) is 0 Å². The van der Waals surface area contributed by atoms with E-state index in [2.05, 4.69) is 4.98 Å². The average Bonchev–Trinajstić information content (AvgIpc) is 1.69. The second kappa shape index (κ2) is 9.73. The van der Waals surface area contributed by atoms with Crippen molar-refractivity contribution in [3.63, 3.8) is 0 Å². The number of aryl methyl sites for hydroxylation is 1. The van der Waals surface area contributed by atoms with E-state index in [1.165, 1.54) is 5.56 Å². The third-order valence-electron chi connectivity index (χ3n) is 0.809. The summed E-state index contributed by atoms with van der Waals surface area (Å²) in [6, 6.07) is 3.95. The molecule has 0 saturated carbocycles. The van der Waals surface area contributed by atoms with Gasteiger partial charge in [-0.05, 0) is 18.6 Å². The molecule has 0 aliphatic carbocycles. The van der Waals surface area contributed by atoms with Crippen molar-refractivity contribution in [2.45, 2.75) is 6.92 Å². The Hall–Kier alpha value is 0.733. The third kappa shape index (κ3) is 6.85. The number of pyridine rings is 1. The van der Waals surface area contributed by atoms with Crippen molar-refractivity contribution in [1.29, 1.82) is 0 Å². The van der Waals surface area contributed by atoms with Gasteiger partial charge < -0.3 is 34.0 Å². The summed E-state index contributed by atoms with van der Waals surface area (Å²) in [6.07, 6.45) is 3.60. The largest absolute Gasteiger partial charge is 2.00 e. The normalized spacial score (nSPS) is 6.10. The molecule has 0 amide bonds. The van der Waals surface area contributed by atoms with Gasteiger partial charge in [0, 0.05) is 12.4 Å². The molecule has 0 radical (unpaired) electrons. The molecule has 0 spiro atoms. The van der Waals surface area contributed by atoms with E-state index in [-0.39, 0.29) is 53.4 Å². The van der Waals surface area contributed by atoms with Crippen LogP contribution in [0.2, 0.25) is 0 Å². The van der Waals surface area contributed by atoms with Gasteiger partial charge in [-0.1, -0.05) is 6.07 Å². The molecule has 1 aromatic heterocycles. The van der Waals surface area contributed by atoms with E-state index in [1.807, 2.05) is 25.3 Å². The average molecular weight is 318 g/mol. The quantitative estimate of drug-likeness (QED) is 0.439. The molecule has 1 rings (SSSR count). The summed E-state index contributed by atoms with van der Waals surface area (Å²) in [7, 11) is 0. The monoisotopic (exact) mass is 315 g/mol. The number of hydrogen-bond acceptors (Lipinski definition) is 1. The van der Waals surface area contributed by atoms with Crippen molar-refractivity contribution in [3.8, 4) is 0 Å². The molecule has 0 atom stereocenters. The van der Waals surface area contributed by atoms with Crippen molar-refractivity contribution in [3.05, 3.63) is 30.1 Å². The molecule has 0 aliphatic rings. The van der Waals surface area contributed by atoms with E-state index in [4.69, 9.17) is 0 Å². The van der Waals surface area contributed by atoms with Gasteiger partial charge in [0.05, 0.1) is 0 Å². The number of nitrogens with zero attached hydrogens (tertiary/aromatic N) is 1. The standard InChI is InChI=1S/C6H7N.2BrH.Zn/c1-6-3-2-4-7-5-6;;;/h2-5H,1H3;2*1H;/q;;;+2/p-2. The Morgan fingerprint density at radius 2 is 1.90 bits per heavy atom. The molecule has 52 valence electrons. The molecular formula is C6H7Br2NZn. The Morgan fingerprint density at radius 3 is 2.10 bits per heavy atom. The van der Waals surface area contributed by atoms with Crippen molar-refractivity contribution in [1.82, 2.24) is 4.98 Å². The number of aromatic nitrogens is 1. The van der Waals surface area contributed by atoms with E-state index in [0.717, 1.165) is 0 Å². The molecule has 0 N–H and O–H groups in total. The molecule has 0 unspecified atom stereocenters. The summed E-state index contributed by atoms with van der Waals surface area (Å²) in [5.41, 5.74) is 1.21. The number of rotatable bonds is 0. The van der Waals surface area contributed by atoms with Gasteiger partial charge in [0.15, 0.2) is 0 Å². The van der Waals surface area contributed by atoms with Gasteiger partial charge in [-0.25, -0.2) is 0 Å². The zero-order valence-corrected chi connectivity index (χ0v) is 11.9. The molecule has 4 heteroatoms. The van der Waals surface area contributed by atoms with E-state index in [9.17, 15) is 0 Å². The Balaban J connectivity index is -0.000000163. The van der Waals surface area contributed by atoms with Gasteiger partial charge in [0.1, 0.15) is 0 Å². The van der Waals surface area contributed by atoms with Crippen molar-refractivity contribution in [2.24, 2.45) is 0 Å². The summed E-state index contributed by atoms with van der Waals surface area (Å²) in [5.74, 6) is 0. The minimum Gasteiger partial charge on any atom is -1.00 e. The van der Waals surface area contributed by atoms with E-state index in [0.29, 0.717) is 0 Å². The molecule has 0 bridgehead atoms. The van der Waals surface area contributed by atoms with E-state index < -0.39 is 0 Å². The van der Waals surface area contributed by atoms with Gasteiger partial charge in [-0.3, -0.25) is 4.98 Å². The van der Waals surface area contributed by atoms with Crippen molar-refractivity contribution < 1.29 is 53.4 Å². The predicted octanol–water partition coefficient (Wildman–Crippen LogP) is -4.60. The molecule has 1 nitrogen and oxygen atoms in total. The second-order valence-electron chi connectivity index (χ2n) is 1.53. The molecule has 1 aromatic rings. The summed E-state index contributed by atoms with van der Waals surface area (Å²) in [5, 5.41) is 0. The van der Waals surface area contributed by atoms with Crippen LogP contribution in [0.1, 0.15) is 5.56 Å². The fourth-order valence-electron chi connectivity index (χ4n) is 0.448. The van der Waals surface area contributed by atoms with Gasteiger partial charge in [-0.15, -0.1) is 0 Å². The van der Waals surface area contributed by atoms with Crippen LogP contribution in [0.25, 0.3) is 0 Å². The Bertz CT molecular complexity index is 146. The van der Waals surface area contributed by atoms with Gasteiger partial charge >= 0.3 is 19.5 Å². The Labute approximate surface area is 94.9 Å². The number of hydrogen-bond donors (Lipinski definition) is 0. The smallest absolute Gasteiger partial charge is 1.00 e. The fourth-order valence-corrected chi connectivity index (χ4v) is 0.448. The van der Waals surface area contributed by atoms with Crippen LogP contribution in [-0.4, -0.2) is 4.98 Å². The molecule has 10 heavy (non-hydrogen) atoms. The summed E-state index contributed by atoms with van der Waals surface area (Å²) < 4.78 is 0. The van der Waals surface area contributed by atoms with Crippen LogP contribution >= 0.6 is 0 Å². The van der Waals surface area contributed by atoms with Gasteiger partial charge in [0.2, 0.25) is 0 Å². The predicted molar refractivity (Wildman–Crippen MR) is 29.0 cm³/mol. The molecule has 0 aromatic carbocycles. The SMILES string of the molecule is Cc1cccnc1.[Br-].[Br-].[Zn+2]. The van der Waals surface area contributed by atoms with Crippen molar-refractivity contribution >= 4 is 0 Å². The summed E-state index contributed by atoms with van der Waals surface area (Å²) in [6.45, 7) is 2.02. The maximum Gasteiger partial charge on any atom is 2.00 e. The molecule has 1 heterocycles. The Morgan fingerprint density at radius 1 is 1.30 bits per heavy atom. The van der Waals surface area contributed by atoms with Crippen LogP contribution in [0, 0.1) is 6.92 Å². The van der Waals surface area contributed by atoms with E-state index >= 15 is 0 Å². The maximum atomic E-state index is 3.88. The molecule has 0 fully saturated rings. The van der Waals surface area contributed by atoms with Crippen LogP contribution in [0.4, 0.5) is 0 Å². The van der Waals surface area contributed by atoms with Gasteiger partial charge in [0.25, 0.3) is 0 Å². The maximum absolute atomic E-state index is 3.88. The van der Waals surface area contributed by atoms with Crippen molar-refractivity contribution in [2.75, 3.05) is 0 Å². The molecular weight excluding hydrogens is 311 g/mol. The first-order valence-corrected chi connectivity index (χ1v) is 2.26. The topological polar surface area (TPSA) is 12.9 Å². The van der Waals surface area contributed by atoms with Crippen LogP contribution in [-0.2, 0) is 19.5 Å². The molecule has 0 saturated heterocycles. The summed E-state index contributed by atoms with van der Waals surface area (Å²) in [4.78, 5) is 3.88. The van der Waals surface area contributed by atoms with Gasteiger partial charge in [-0.2, -0.15) is 0 Å². The first-order valence-electron chi connectivity index (χ1n) is 2.26. The zero-order chi connectivity index (χ0) is 5.11. The van der Waals surface area contributed by atoms with Crippen LogP contribution in [0.5, 0.6) is 0 Å². The first-order chi connectivity index (χ1) is 3.39. The minimum atomic E-state index is 0. The van der Waals surface area contributed by atoms with Crippen LogP contribution in [0.15, 0.2) is 24.5 Å². The Kier molecular flexibility index (Phi) is 16.5.